The first kappa shape index (κ1) is 10.7. The van der Waals surface area contributed by atoms with Gasteiger partial charge in [0.25, 0.3) is 0 Å². The topological polar surface area (TPSA) is 43.4 Å². The first-order chi connectivity index (χ1) is 7.77. The predicted octanol–water partition coefficient (Wildman–Crippen LogP) is 2.45. The Balaban J connectivity index is 2.35. The average Bonchev–Trinajstić information content (AvgIpc) is 2.31. The van der Waals surface area contributed by atoms with Gasteiger partial charge in [-0.3, -0.25) is 0 Å². The second kappa shape index (κ2) is 4.81. The first-order valence-corrected chi connectivity index (χ1v) is 5.91. The molecule has 0 N–H and O–H groups in total. The summed E-state index contributed by atoms with van der Waals surface area (Å²) in [5.41, 5.74) is 0. The smallest absolute Gasteiger partial charge is 0.171 e. The highest BCUT2D eigenvalue weighted by Crippen LogP contribution is 2.25. The van der Waals surface area contributed by atoms with E-state index in [1.807, 2.05) is 18.2 Å². The first-order valence-electron chi connectivity index (χ1n) is 4.74. The van der Waals surface area contributed by atoms with Crippen molar-refractivity contribution in [1.82, 2.24) is 0 Å². The SMILES string of the molecule is O=[SH](=O)c1ccccc1Oc1ccccc1. The Hall–Kier alpha value is -1.81. The molecule has 4 heteroatoms. The van der Waals surface area contributed by atoms with Gasteiger partial charge in [0.15, 0.2) is 10.7 Å². The van der Waals surface area contributed by atoms with E-state index >= 15 is 0 Å². The third-order valence-corrected chi connectivity index (χ3v) is 2.80. The standard InChI is InChI=1S/C12H10O3S/c13-16(14)12-9-5-4-8-11(12)15-10-6-2-1-3-7-10/h1-9,16H. The minimum atomic E-state index is -2.64. The zero-order valence-corrected chi connectivity index (χ0v) is 9.26. The van der Waals surface area contributed by atoms with Crippen LogP contribution in [0.3, 0.4) is 0 Å². The number of ether oxygens (including phenoxy) is 1. The maximum absolute atomic E-state index is 11.0. The lowest BCUT2D eigenvalue weighted by Gasteiger charge is -2.06. The molecule has 0 aromatic heterocycles. The minimum absolute atomic E-state index is 0.196. The third-order valence-electron chi connectivity index (χ3n) is 2.03. The van der Waals surface area contributed by atoms with Crippen molar-refractivity contribution in [1.29, 1.82) is 0 Å². The molecule has 0 saturated carbocycles. The highest BCUT2D eigenvalue weighted by molar-refractivity contribution is 7.72. The molecule has 0 aliphatic heterocycles. The van der Waals surface area contributed by atoms with Crippen LogP contribution in [0.25, 0.3) is 0 Å². The molecule has 0 saturated heterocycles. The summed E-state index contributed by atoms with van der Waals surface area (Å²) in [6.07, 6.45) is 0. The molecule has 16 heavy (non-hydrogen) atoms. The zero-order valence-electron chi connectivity index (χ0n) is 8.37. The molecular weight excluding hydrogens is 224 g/mol. The van der Waals surface area contributed by atoms with Crippen molar-refractivity contribution in [2.45, 2.75) is 4.90 Å². The van der Waals surface area contributed by atoms with Gasteiger partial charge in [0.05, 0.1) is 0 Å². The van der Waals surface area contributed by atoms with E-state index in [1.54, 1.807) is 30.3 Å². The van der Waals surface area contributed by atoms with Crippen LogP contribution in [0, 0.1) is 0 Å². The Labute approximate surface area is 95.3 Å². The lowest BCUT2D eigenvalue weighted by Crippen LogP contribution is -1.89. The predicted molar refractivity (Wildman–Crippen MR) is 61.5 cm³/mol. The summed E-state index contributed by atoms with van der Waals surface area (Å²) in [5.74, 6) is 0.969. The maximum Gasteiger partial charge on any atom is 0.171 e. The van der Waals surface area contributed by atoms with Crippen LogP contribution in [0.1, 0.15) is 0 Å². The van der Waals surface area contributed by atoms with Crippen molar-refractivity contribution in [2.75, 3.05) is 0 Å². The van der Waals surface area contributed by atoms with E-state index in [0.29, 0.717) is 11.5 Å². The molecule has 0 aliphatic rings. The van der Waals surface area contributed by atoms with Gasteiger partial charge in [0, 0.05) is 0 Å². The number of benzene rings is 2. The molecule has 0 aliphatic carbocycles. The van der Waals surface area contributed by atoms with E-state index in [9.17, 15) is 8.42 Å². The average molecular weight is 234 g/mol. The molecule has 2 rings (SSSR count). The van der Waals surface area contributed by atoms with Crippen molar-refractivity contribution in [3.63, 3.8) is 0 Å². The second-order valence-corrected chi connectivity index (χ2v) is 4.14. The quantitative estimate of drug-likeness (QED) is 0.829. The van der Waals surface area contributed by atoms with E-state index in [1.165, 1.54) is 6.07 Å². The molecule has 0 bridgehead atoms. The summed E-state index contributed by atoms with van der Waals surface area (Å²) in [6, 6.07) is 15.6. The Morgan fingerprint density at radius 3 is 2.12 bits per heavy atom. The van der Waals surface area contributed by atoms with Gasteiger partial charge < -0.3 is 4.74 Å². The largest absolute Gasteiger partial charge is 0.456 e. The Kier molecular flexibility index (Phi) is 3.22. The van der Waals surface area contributed by atoms with Crippen LogP contribution in [0.4, 0.5) is 0 Å². The number of para-hydroxylation sites is 2. The Bertz CT molecular complexity index is 539. The lowest BCUT2D eigenvalue weighted by atomic mass is 10.3. The maximum atomic E-state index is 11.0. The Morgan fingerprint density at radius 1 is 0.812 bits per heavy atom. The van der Waals surface area contributed by atoms with Gasteiger partial charge in [-0.25, -0.2) is 8.42 Å². The summed E-state index contributed by atoms with van der Waals surface area (Å²) in [5, 5.41) is 0. The van der Waals surface area contributed by atoms with E-state index in [0.717, 1.165) is 0 Å². The van der Waals surface area contributed by atoms with Crippen molar-refractivity contribution < 1.29 is 13.2 Å². The van der Waals surface area contributed by atoms with E-state index in [2.05, 4.69) is 0 Å². The van der Waals surface area contributed by atoms with Crippen LogP contribution in [0.5, 0.6) is 11.5 Å². The van der Waals surface area contributed by atoms with E-state index in [-0.39, 0.29) is 4.90 Å². The van der Waals surface area contributed by atoms with Crippen molar-refractivity contribution >= 4 is 10.7 Å². The molecule has 0 fully saturated rings. The highest BCUT2D eigenvalue weighted by Gasteiger charge is 2.05. The molecule has 0 heterocycles. The van der Waals surface area contributed by atoms with Crippen molar-refractivity contribution in [3.8, 4) is 11.5 Å². The van der Waals surface area contributed by atoms with Gasteiger partial charge in [-0.1, -0.05) is 30.3 Å². The summed E-state index contributed by atoms with van der Waals surface area (Å²) in [7, 11) is -2.64. The summed E-state index contributed by atoms with van der Waals surface area (Å²) in [6.45, 7) is 0. The molecule has 2 aromatic carbocycles. The summed E-state index contributed by atoms with van der Waals surface area (Å²) >= 11 is 0. The second-order valence-electron chi connectivity index (χ2n) is 3.14. The molecule has 0 spiro atoms. The van der Waals surface area contributed by atoms with Crippen LogP contribution >= 0.6 is 0 Å². The van der Waals surface area contributed by atoms with Crippen LogP contribution in [-0.4, -0.2) is 8.42 Å². The minimum Gasteiger partial charge on any atom is -0.456 e. The number of rotatable bonds is 3. The molecule has 0 unspecified atom stereocenters. The molecule has 82 valence electrons. The fraction of sp³-hybridized carbons (Fsp3) is 0. The number of thiol groups is 1. The molecular formula is C12H10O3S. The molecule has 0 atom stereocenters. The van der Waals surface area contributed by atoms with Crippen LogP contribution in [-0.2, 0) is 10.7 Å². The lowest BCUT2D eigenvalue weighted by molar-refractivity contribution is 0.468. The third kappa shape index (κ3) is 2.41. The van der Waals surface area contributed by atoms with Gasteiger partial charge in [0.1, 0.15) is 16.4 Å². The zero-order chi connectivity index (χ0) is 11.4. The number of hydrogen-bond donors (Lipinski definition) is 1. The molecule has 0 radical (unpaired) electrons. The Morgan fingerprint density at radius 2 is 1.44 bits per heavy atom. The molecule has 3 nitrogen and oxygen atoms in total. The van der Waals surface area contributed by atoms with E-state index in [4.69, 9.17) is 4.74 Å². The highest BCUT2D eigenvalue weighted by atomic mass is 32.2. The van der Waals surface area contributed by atoms with Gasteiger partial charge in [-0.2, -0.15) is 0 Å². The molecule has 2 aromatic rings. The van der Waals surface area contributed by atoms with Crippen molar-refractivity contribution in [2.24, 2.45) is 0 Å². The van der Waals surface area contributed by atoms with Crippen LogP contribution < -0.4 is 4.74 Å². The van der Waals surface area contributed by atoms with Gasteiger partial charge in [-0.05, 0) is 24.3 Å². The van der Waals surface area contributed by atoms with Gasteiger partial charge in [0.2, 0.25) is 0 Å². The van der Waals surface area contributed by atoms with Gasteiger partial charge in [-0.15, -0.1) is 0 Å². The molecule has 0 amide bonds. The van der Waals surface area contributed by atoms with Crippen LogP contribution in [0.15, 0.2) is 59.5 Å². The van der Waals surface area contributed by atoms with Crippen molar-refractivity contribution in [3.05, 3.63) is 54.6 Å². The number of hydrogen-bond acceptors (Lipinski definition) is 3. The summed E-state index contributed by atoms with van der Waals surface area (Å²) in [4.78, 5) is 0.196. The van der Waals surface area contributed by atoms with Gasteiger partial charge >= 0.3 is 0 Å². The fourth-order valence-corrected chi connectivity index (χ4v) is 1.82. The van der Waals surface area contributed by atoms with Crippen LogP contribution in [0.2, 0.25) is 0 Å². The normalized spacial score (nSPS) is 10.3. The fourth-order valence-electron chi connectivity index (χ4n) is 1.31. The summed E-state index contributed by atoms with van der Waals surface area (Å²) < 4.78 is 27.4. The monoisotopic (exact) mass is 234 g/mol. The van der Waals surface area contributed by atoms with E-state index < -0.39 is 10.7 Å².